The molecular weight excluding hydrogens is 1250 g/mol. The Morgan fingerprint density at radius 3 is 1.20 bits per heavy atom. The maximum absolute atomic E-state index is 13.4. The standard InChI is InChI=1S/C28H31N3O4.C23H23N3O2.C16H21NO4.C12H12N2O/c1-19-13-14-25(29-16-19)34-22-12-8-11-21(15-22)30-26(32)24-18-31(27(33)35-28(2,3)4)17-23(24)20-9-6-5-7-10-20;1-16-10-11-22(25-13-16)28-19-9-5-8-18(12-19)26-23(27)21-15-24-14-20(21)17-6-3-2-4-7-17;1-16(2,3)21-15(20)17-9-12(13(10-17)14(18)19)11-7-5-4-6-8-11;1-9-5-6-12(14-8-9)15-11-4-2-3-10(13)7-11/h5-16,23-24H,17-18H2,1-4H3,(H,30,32);2-13,20-21,24H,14-15H2,1H3,(H,26,27);4-8,12-13H,9-10H2,1-3H3,(H,18,19);2-8H,13H2,1H3/t23-,24+;20-,21+;12-,13+;/m000./s1. The van der Waals surface area contributed by atoms with Crippen LogP contribution in [0, 0.1) is 38.5 Å². The van der Waals surface area contributed by atoms with Crippen molar-refractivity contribution >= 4 is 47.0 Å². The number of nitrogens with two attached hydrogens (primary N) is 1. The zero-order valence-corrected chi connectivity index (χ0v) is 57.3. The third-order valence-electron chi connectivity index (χ3n) is 16.2. The number of carboxylic acids is 1. The molecule has 0 spiro atoms. The number of nitrogen functional groups attached to an aromatic ring is 1. The smallest absolute Gasteiger partial charge is 0.410 e. The molecule has 514 valence electrons. The van der Waals surface area contributed by atoms with E-state index in [1.165, 1.54) is 10.5 Å². The van der Waals surface area contributed by atoms with E-state index in [0.29, 0.717) is 71.6 Å². The third kappa shape index (κ3) is 21.9. The molecule has 4 amide bonds. The van der Waals surface area contributed by atoms with E-state index in [0.717, 1.165) is 34.4 Å². The molecule has 3 aliphatic rings. The van der Waals surface area contributed by atoms with Crippen molar-refractivity contribution < 1.29 is 52.8 Å². The minimum atomic E-state index is -0.880. The van der Waals surface area contributed by atoms with Gasteiger partial charge < -0.3 is 60.3 Å². The Balaban J connectivity index is 0.000000161. The van der Waals surface area contributed by atoms with Crippen molar-refractivity contribution in [2.45, 2.75) is 91.3 Å². The number of amides is 4. The minimum Gasteiger partial charge on any atom is -0.481 e. The molecule has 3 saturated heterocycles. The van der Waals surface area contributed by atoms with Crippen molar-refractivity contribution in [2.24, 2.45) is 17.8 Å². The highest BCUT2D eigenvalue weighted by Crippen LogP contribution is 2.37. The Labute approximate surface area is 578 Å². The van der Waals surface area contributed by atoms with Crippen LogP contribution in [0.4, 0.5) is 26.7 Å². The number of aromatic nitrogens is 3. The van der Waals surface area contributed by atoms with Crippen LogP contribution in [0.2, 0.25) is 0 Å². The second kappa shape index (κ2) is 33.7. The lowest BCUT2D eigenvalue weighted by Crippen LogP contribution is -2.36. The molecule has 3 aliphatic heterocycles. The lowest BCUT2D eigenvalue weighted by atomic mass is 9.88. The Morgan fingerprint density at radius 1 is 0.444 bits per heavy atom. The van der Waals surface area contributed by atoms with E-state index in [9.17, 15) is 29.1 Å². The molecule has 0 unspecified atom stereocenters. The average molecular weight is 1340 g/mol. The van der Waals surface area contributed by atoms with E-state index in [1.807, 2.05) is 211 Å². The lowest BCUT2D eigenvalue weighted by Gasteiger charge is -2.24. The monoisotopic (exact) mass is 1340 g/mol. The topological polar surface area (TPSA) is 259 Å². The summed E-state index contributed by atoms with van der Waals surface area (Å²) in [6.45, 7) is 19.6. The molecule has 20 heteroatoms. The summed E-state index contributed by atoms with van der Waals surface area (Å²) < 4.78 is 28.0. The van der Waals surface area contributed by atoms with E-state index in [4.69, 9.17) is 29.4 Å². The van der Waals surface area contributed by atoms with Crippen LogP contribution in [0.15, 0.2) is 219 Å². The molecule has 12 rings (SSSR count). The van der Waals surface area contributed by atoms with Gasteiger partial charge in [-0.1, -0.05) is 127 Å². The number of benzene rings is 6. The van der Waals surface area contributed by atoms with Crippen molar-refractivity contribution in [3.63, 3.8) is 0 Å². The number of aliphatic carboxylic acids is 1. The van der Waals surface area contributed by atoms with Gasteiger partial charge in [-0.05, 0) is 132 Å². The van der Waals surface area contributed by atoms with Gasteiger partial charge in [0.15, 0.2) is 0 Å². The van der Waals surface area contributed by atoms with Gasteiger partial charge in [-0.25, -0.2) is 24.5 Å². The maximum Gasteiger partial charge on any atom is 0.410 e. The number of aryl methyl sites for hydroxylation is 3. The number of pyridine rings is 3. The summed E-state index contributed by atoms with van der Waals surface area (Å²) in [4.78, 5) is 78.4. The highest BCUT2D eigenvalue weighted by Gasteiger charge is 2.43. The zero-order valence-electron chi connectivity index (χ0n) is 57.3. The molecular formula is C79H87N9O11. The van der Waals surface area contributed by atoms with Crippen molar-refractivity contribution in [3.05, 3.63) is 252 Å². The molecule has 6 N–H and O–H groups in total. The molecule has 6 aromatic carbocycles. The summed E-state index contributed by atoms with van der Waals surface area (Å²) in [7, 11) is 0. The normalized spacial score (nSPS) is 17.7. The average Bonchev–Trinajstić information content (AvgIpc) is 1.70. The second-order valence-corrected chi connectivity index (χ2v) is 26.6. The van der Waals surface area contributed by atoms with Crippen molar-refractivity contribution in [2.75, 3.05) is 55.6 Å². The van der Waals surface area contributed by atoms with Gasteiger partial charge in [0.05, 0.1) is 17.8 Å². The molecule has 6 atom stereocenters. The molecule has 9 aromatic rings. The number of nitrogens with one attached hydrogen (secondary N) is 3. The molecule has 6 heterocycles. The molecule has 3 fully saturated rings. The van der Waals surface area contributed by atoms with Gasteiger partial charge in [-0.2, -0.15) is 0 Å². The molecule has 99 heavy (non-hydrogen) atoms. The minimum absolute atomic E-state index is 0.0180. The van der Waals surface area contributed by atoms with Crippen LogP contribution in [0.25, 0.3) is 0 Å². The molecule has 0 saturated carbocycles. The highest BCUT2D eigenvalue weighted by atomic mass is 16.6. The SMILES string of the molecule is CC(C)(C)OC(=O)N1C[C@@H](C(=O)O)[C@H](c2ccccc2)C1.Cc1ccc(Oc2cccc(N)c2)nc1.Cc1ccc(Oc2cccc(NC(=O)[C@@H]3CN(C(=O)OC(C)(C)C)C[C@H]3c3ccccc3)c2)nc1.Cc1ccc(Oc2cccc(NC(=O)[C@@H]3CNC[C@H]3c3ccccc3)c2)nc1. The van der Waals surface area contributed by atoms with E-state index >= 15 is 0 Å². The summed E-state index contributed by atoms with van der Waals surface area (Å²) in [6, 6.07) is 62.6. The molecule has 0 bridgehead atoms. The number of hydrogen-bond acceptors (Lipinski definition) is 15. The summed E-state index contributed by atoms with van der Waals surface area (Å²) in [5.74, 6) is 1.18. The number of carbonyl (C=O) groups excluding carboxylic acids is 4. The quantitative estimate of drug-likeness (QED) is 0.0634. The van der Waals surface area contributed by atoms with Crippen molar-refractivity contribution in [1.82, 2.24) is 30.1 Å². The van der Waals surface area contributed by atoms with Crippen LogP contribution in [0.5, 0.6) is 34.9 Å². The van der Waals surface area contributed by atoms with E-state index in [-0.39, 0.29) is 48.6 Å². The number of carbonyl (C=O) groups is 5. The zero-order chi connectivity index (χ0) is 70.6. The number of hydrogen-bond donors (Lipinski definition) is 5. The fraction of sp³-hybridized carbons (Fsp3) is 0.291. The number of nitrogens with zero attached hydrogens (tertiary/aromatic N) is 5. The van der Waals surface area contributed by atoms with Crippen LogP contribution in [0.1, 0.15) is 92.7 Å². The van der Waals surface area contributed by atoms with Crippen LogP contribution in [0.3, 0.4) is 0 Å². The first kappa shape index (κ1) is 72.2. The van der Waals surface area contributed by atoms with Gasteiger partial charge in [0, 0.05) is 129 Å². The lowest BCUT2D eigenvalue weighted by molar-refractivity contribution is -0.141. The number of anilines is 3. The fourth-order valence-electron chi connectivity index (χ4n) is 11.4. The van der Waals surface area contributed by atoms with Gasteiger partial charge in [-0.15, -0.1) is 0 Å². The van der Waals surface area contributed by atoms with Gasteiger partial charge in [0.2, 0.25) is 29.5 Å². The second-order valence-electron chi connectivity index (χ2n) is 26.6. The Bertz CT molecular complexity index is 4120. The van der Waals surface area contributed by atoms with Crippen LogP contribution in [-0.2, 0) is 23.9 Å². The summed E-state index contributed by atoms with van der Waals surface area (Å²) >= 11 is 0. The largest absolute Gasteiger partial charge is 0.481 e. The first-order valence-corrected chi connectivity index (χ1v) is 32.9. The number of rotatable bonds is 14. The van der Waals surface area contributed by atoms with E-state index < -0.39 is 41.2 Å². The predicted molar refractivity (Wildman–Crippen MR) is 382 cm³/mol. The number of ether oxygens (including phenoxy) is 5. The van der Waals surface area contributed by atoms with Gasteiger partial charge >= 0.3 is 18.2 Å². The van der Waals surface area contributed by atoms with E-state index in [2.05, 4.69) is 43.0 Å². The molecule has 0 radical (unpaired) electrons. The summed E-state index contributed by atoms with van der Waals surface area (Å²) in [5, 5.41) is 18.8. The van der Waals surface area contributed by atoms with Crippen LogP contribution >= 0.6 is 0 Å². The maximum atomic E-state index is 13.4. The predicted octanol–water partition coefficient (Wildman–Crippen LogP) is 15.4. The Morgan fingerprint density at radius 2 is 0.818 bits per heavy atom. The summed E-state index contributed by atoms with van der Waals surface area (Å²) in [6.07, 6.45) is 4.41. The number of carboxylic acid groups (broad SMARTS) is 1. The number of likely N-dealkylation sites (tertiary alicyclic amines) is 2. The van der Waals surface area contributed by atoms with Crippen molar-refractivity contribution in [1.29, 1.82) is 0 Å². The first-order valence-electron chi connectivity index (χ1n) is 32.9. The third-order valence-corrected chi connectivity index (χ3v) is 16.2. The molecule has 3 aromatic heterocycles. The Hall–Kier alpha value is -11.1. The fourth-order valence-corrected chi connectivity index (χ4v) is 11.4. The first-order chi connectivity index (χ1) is 47.4. The van der Waals surface area contributed by atoms with Crippen LogP contribution in [-0.4, -0.2) is 110 Å². The van der Waals surface area contributed by atoms with Gasteiger partial charge in [0.25, 0.3) is 0 Å². The molecule has 20 nitrogen and oxygen atoms in total. The van der Waals surface area contributed by atoms with Crippen molar-refractivity contribution in [3.8, 4) is 34.9 Å². The van der Waals surface area contributed by atoms with E-state index in [1.54, 1.807) is 62.5 Å². The van der Waals surface area contributed by atoms with Gasteiger partial charge in [0.1, 0.15) is 28.5 Å². The van der Waals surface area contributed by atoms with Crippen LogP contribution < -0.4 is 35.9 Å². The molecule has 0 aliphatic carbocycles. The highest BCUT2D eigenvalue weighted by molar-refractivity contribution is 5.95. The Kier molecular flexibility index (Phi) is 24.6. The van der Waals surface area contributed by atoms with Gasteiger partial charge in [-0.3, -0.25) is 14.4 Å². The summed E-state index contributed by atoms with van der Waals surface area (Å²) in [5.41, 5.74) is 12.8.